The van der Waals surface area contributed by atoms with Crippen LogP contribution in [0.15, 0.2) is 0 Å². The number of hydrogen-bond donors (Lipinski definition) is 4. The molecular formula is C7H10O7. The summed E-state index contributed by atoms with van der Waals surface area (Å²) < 4.78 is 0. The van der Waals surface area contributed by atoms with Gasteiger partial charge in [0.2, 0.25) is 0 Å². The number of hydrogen-bond acceptors (Lipinski definition) is 4. The van der Waals surface area contributed by atoms with Gasteiger partial charge in [-0.2, -0.15) is 0 Å². The van der Waals surface area contributed by atoms with Gasteiger partial charge < -0.3 is 20.4 Å². The van der Waals surface area contributed by atoms with Crippen molar-refractivity contribution < 1.29 is 34.8 Å². The van der Waals surface area contributed by atoms with E-state index in [1.807, 2.05) is 0 Å². The van der Waals surface area contributed by atoms with Gasteiger partial charge in [-0.1, -0.05) is 0 Å². The standard InChI is InChI=1S/C7H10O7/c1-3(5(10)11)7(14,6(12)13)2-4(8)9/h3,14H,2H2,1H3,(H,8,9)(H,10,11)(H,12,13)/t3-,7+/m0/s1. The van der Waals surface area contributed by atoms with E-state index >= 15 is 0 Å². The average molecular weight is 206 g/mol. The summed E-state index contributed by atoms with van der Waals surface area (Å²) in [5.41, 5.74) is -2.78. The maximum Gasteiger partial charge on any atom is 0.337 e. The first-order valence-electron chi connectivity index (χ1n) is 3.62. The van der Waals surface area contributed by atoms with Crippen molar-refractivity contribution in [3.63, 3.8) is 0 Å². The van der Waals surface area contributed by atoms with Crippen LogP contribution in [-0.4, -0.2) is 43.9 Å². The normalized spacial score (nSPS) is 16.7. The summed E-state index contributed by atoms with van der Waals surface area (Å²) in [7, 11) is 0. The number of aliphatic carboxylic acids is 3. The fourth-order valence-electron chi connectivity index (χ4n) is 0.849. The van der Waals surface area contributed by atoms with Gasteiger partial charge in [-0.25, -0.2) is 4.79 Å². The molecule has 4 N–H and O–H groups in total. The molecule has 0 saturated heterocycles. The minimum Gasteiger partial charge on any atom is -0.481 e. The molecule has 0 heterocycles. The zero-order chi connectivity index (χ0) is 11.5. The molecule has 0 radical (unpaired) electrons. The molecule has 0 aliphatic heterocycles. The van der Waals surface area contributed by atoms with Gasteiger partial charge in [0.25, 0.3) is 0 Å². The summed E-state index contributed by atoms with van der Waals surface area (Å²) in [4.78, 5) is 31.2. The molecule has 0 aliphatic rings. The van der Waals surface area contributed by atoms with E-state index in [4.69, 9.17) is 15.3 Å². The Morgan fingerprint density at radius 2 is 1.64 bits per heavy atom. The molecule has 0 fully saturated rings. The fraction of sp³-hybridized carbons (Fsp3) is 0.571. The minimum absolute atomic E-state index is 0.930. The Morgan fingerprint density at radius 1 is 1.21 bits per heavy atom. The van der Waals surface area contributed by atoms with Gasteiger partial charge in [-0.3, -0.25) is 9.59 Å². The molecular weight excluding hydrogens is 196 g/mol. The maximum atomic E-state index is 10.5. The van der Waals surface area contributed by atoms with Crippen molar-refractivity contribution >= 4 is 17.9 Å². The van der Waals surface area contributed by atoms with Crippen LogP contribution in [0.3, 0.4) is 0 Å². The largest absolute Gasteiger partial charge is 0.481 e. The van der Waals surface area contributed by atoms with Crippen molar-refractivity contribution in [1.82, 2.24) is 0 Å². The van der Waals surface area contributed by atoms with Crippen molar-refractivity contribution in [1.29, 1.82) is 0 Å². The molecule has 0 rings (SSSR count). The van der Waals surface area contributed by atoms with E-state index in [1.54, 1.807) is 0 Å². The van der Waals surface area contributed by atoms with E-state index in [1.165, 1.54) is 0 Å². The van der Waals surface area contributed by atoms with Crippen molar-refractivity contribution in [3.8, 4) is 0 Å². The highest BCUT2D eigenvalue weighted by atomic mass is 16.4. The second kappa shape index (κ2) is 4.05. The number of carbonyl (C=O) groups is 3. The second-order valence-corrected chi connectivity index (χ2v) is 2.86. The molecule has 0 spiro atoms. The molecule has 7 heteroatoms. The van der Waals surface area contributed by atoms with E-state index in [-0.39, 0.29) is 0 Å². The first kappa shape index (κ1) is 12.4. The Bertz CT molecular complexity index is 271. The van der Waals surface area contributed by atoms with Gasteiger partial charge >= 0.3 is 17.9 Å². The predicted molar refractivity (Wildman–Crippen MR) is 41.6 cm³/mol. The summed E-state index contributed by atoms with van der Waals surface area (Å²) in [6, 6.07) is 0. The Kier molecular flexibility index (Phi) is 3.58. The van der Waals surface area contributed by atoms with Gasteiger partial charge in [0.1, 0.15) is 0 Å². The second-order valence-electron chi connectivity index (χ2n) is 2.86. The molecule has 7 nitrogen and oxygen atoms in total. The lowest BCUT2D eigenvalue weighted by atomic mass is 9.86. The Morgan fingerprint density at radius 3 is 1.86 bits per heavy atom. The van der Waals surface area contributed by atoms with Crippen molar-refractivity contribution in [2.24, 2.45) is 5.92 Å². The first-order valence-corrected chi connectivity index (χ1v) is 3.62. The van der Waals surface area contributed by atoms with Crippen LogP contribution in [0, 0.1) is 5.92 Å². The molecule has 0 aromatic rings. The molecule has 0 aromatic heterocycles. The number of carboxylic acids is 3. The lowest BCUT2D eigenvalue weighted by molar-refractivity contribution is -0.177. The molecule has 80 valence electrons. The van der Waals surface area contributed by atoms with Crippen molar-refractivity contribution in [2.75, 3.05) is 0 Å². The highest BCUT2D eigenvalue weighted by molar-refractivity contribution is 5.89. The molecule has 0 aliphatic carbocycles. The summed E-state index contributed by atoms with van der Waals surface area (Å²) in [6.45, 7) is 0.930. The molecule has 14 heavy (non-hydrogen) atoms. The van der Waals surface area contributed by atoms with Crippen LogP contribution in [0.25, 0.3) is 0 Å². The highest BCUT2D eigenvalue weighted by Crippen LogP contribution is 2.22. The van der Waals surface area contributed by atoms with Crippen molar-refractivity contribution in [3.05, 3.63) is 0 Å². The third kappa shape index (κ3) is 2.43. The van der Waals surface area contributed by atoms with E-state index in [9.17, 15) is 19.5 Å². The van der Waals surface area contributed by atoms with Crippen LogP contribution < -0.4 is 0 Å². The van der Waals surface area contributed by atoms with E-state index < -0.39 is 35.8 Å². The van der Waals surface area contributed by atoms with Crippen LogP contribution in [0.2, 0.25) is 0 Å². The fourth-order valence-corrected chi connectivity index (χ4v) is 0.849. The summed E-state index contributed by atoms with van der Waals surface area (Å²) >= 11 is 0. The quantitative estimate of drug-likeness (QED) is 0.453. The van der Waals surface area contributed by atoms with Gasteiger partial charge in [0.15, 0.2) is 5.60 Å². The van der Waals surface area contributed by atoms with Gasteiger partial charge in [0.05, 0.1) is 12.3 Å². The molecule has 0 unspecified atom stereocenters. The summed E-state index contributed by atoms with van der Waals surface area (Å²) in [5, 5.41) is 34.6. The third-order valence-electron chi connectivity index (χ3n) is 1.88. The zero-order valence-corrected chi connectivity index (χ0v) is 7.30. The molecule has 0 bridgehead atoms. The van der Waals surface area contributed by atoms with E-state index in [2.05, 4.69) is 0 Å². The van der Waals surface area contributed by atoms with Gasteiger partial charge in [0, 0.05) is 0 Å². The minimum atomic E-state index is -2.78. The van der Waals surface area contributed by atoms with Crippen LogP contribution in [0.1, 0.15) is 13.3 Å². The van der Waals surface area contributed by atoms with Crippen LogP contribution in [-0.2, 0) is 14.4 Å². The molecule has 0 saturated carbocycles. The molecule has 0 amide bonds. The lowest BCUT2D eigenvalue weighted by Crippen LogP contribution is -2.49. The SMILES string of the molecule is C[C@@H](C(=O)O)[C@](O)(CC(=O)O)C(=O)O. The zero-order valence-electron chi connectivity index (χ0n) is 7.30. The number of carboxylic acid groups (broad SMARTS) is 3. The van der Waals surface area contributed by atoms with Crippen LogP contribution >= 0.6 is 0 Å². The predicted octanol–water partition coefficient (Wildman–Crippen LogP) is -1.00. The van der Waals surface area contributed by atoms with Gasteiger partial charge in [-0.15, -0.1) is 0 Å². The van der Waals surface area contributed by atoms with Crippen molar-refractivity contribution in [2.45, 2.75) is 18.9 Å². The topological polar surface area (TPSA) is 132 Å². The Balaban J connectivity index is 4.99. The highest BCUT2D eigenvalue weighted by Gasteiger charge is 2.47. The summed E-state index contributed by atoms with van der Waals surface area (Å²) in [6.07, 6.45) is -1.16. The lowest BCUT2D eigenvalue weighted by Gasteiger charge is -2.25. The molecule has 0 aromatic carbocycles. The first-order chi connectivity index (χ1) is 6.21. The van der Waals surface area contributed by atoms with Crippen LogP contribution in [0.4, 0.5) is 0 Å². The van der Waals surface area contributed by atoms with Crippen LogP contribution in [0.5, 0.6) is 0 Å². The number of aliphatic hydroxyl groups is 1. The Hall–Kier alpha value is -1.63. The summed E-state index contributed by atoms with van der Waals surface area (Å²) in [5.74, 6) is -6.72. The smallest absolute Gasteiger partial charge is 0.337 e. The van der Waals surface area contributed by atoms with E-state index in [0.29, 0.717) is 0 Å². The molecule has 2 atom stereocenters. The maximum absolute atomic E-state index is 10.5. The van der Waals surface area contributed by atoms with E-state index in [0.717, 1.165) is 6.92 Å². The van der Waals surface area contributed by atoms with Gasteiger partial charge in [-0.05, 0) is 6.92 Å². The number of rotatable bonds is 5. The monoisotopic (exact) mass is 206 g/mol. The Labute approximate surface area is 78.6 Å². The average Bonchev–Trinajstić information content (AvgIpc) is 2.00. The third-order valence-corrected chi connectivity index (χ3v) is 1.88.